The van der Waals surface area contributed by atoms with Crippen molar-refractivity contribution in [2.24, 2.45) is 0 Å². The molecule has 2 rings (SSSR count). The second kappa shape index (κ2) is 5.05. The van der Waals surface area contributed by atoms with Gasteiger partial charge in [0.2, 0.25) is 0 Å². The fourth-order valence-corrected chi connectivity index (χ4v) is 2.33. The molecule has 0 fully saturated rings. The Balaban J connectivity index is 2.45. The third-order valence-electron chi connectivity index (χ3n) is 2.30. The van der Waals surface area contributed by atoms with E-state index in [0.717, 1.165) is 23.5 Å². The molecule has 8 heteroatoms. The molecule has 2 nitrogen and oxygen atoms in total. The fraction of sp³-hybridized carbons (Fsp3) is 0.273. The highest BCUT2D eigenvalue weighted by Gasteiger charge is 2.34. The summed E-state index contributed by atoms with van der Waals surface area (Å²) in [5, 5.41) is 7.91. The molecule has 2 aromatic rings. The number of hydrogen-bond acceptors (Lipinski definition) is 3. The zero-order valence-electron chi connectivity index (χ0n) is 9.50. The van der Waals surface area contributed by atoms with Crippen molar-refractivity contribution in [3.05, 3.63) is 34.6 Å². The summed E-state index contributed by atoms with van der Waals surface area (Å²) in [7, 11) is 0. The third kappa shape index (κ3) is 3.03. The van der Waals surface area contributed by atoms with E-state index in [-0.39, 0.29) is 15.9 Å². The van der Waals surface area contributed by atoms with Crippen molar-refractivity contribution in [2.75, 3.05) is 0 Å². The van der Waals surface area contributed by atoms with Gasteiger partial charge in [-0.05, 0) is 25.1 Å². The quantitative estimate of drug-likeness (QED) is 0.595. The Kier molecular flexibility index (Phi) is 3.78. The van der Waals surface area contributed by atoms with Gasteiger partial charge in [-0.3, -0.25) is 0 Å². The second-order valence-electron chi connectivity index (χ2n) is 3.75. The molecule has 1 aromatic carbocycles. The fourth-order valence-electron chi connectivity index (χ4n) is 1.39. The lowest BCUT2D eigenvalue weighted by atomic mass is 10.1. The first-order chi connectivity index (χ1) is 8.79. The van der Waals surface area contributed by atoms with E-state index in [2.05, 4.69) is 10.2 Å². The van der Waals surface area contributed by atoms with E-state index in [1.165, 1.54) is 6.07 Å². The molecule has 1 atom stereocenters. The van der Waals surface area contributed by atoms with E-state index in [1.54, 1.807) is 6.92 Å². The van der Waals surface area contributed by atoms with E-state index in [9.17, 15) is 17.6 Å². The average Bonchev–Trinajstić information content (AvgIpc) is 2.77. The molecule has 0 saturated heterocycles. The van der Waals surface area contributed by atoms with Crippen LogP contribution in [0.3, 0.4) is 0 Å². The maximum atomic E-state index is 13.1. The highest BCUT2D eigenvalue weighted by molar-refractivity contribution is 7.15. The average molecular weight is 311 g/mol. The van der Waals surface area contributed by atoms with Gasteiger partial charge in [-0.25, -0.2) is 4.39 Å². The lowest BCUT2D eigenvalue weighted by Gasteiger charge is -2.08. The summed E-state index contributed by atoms with van der Waals surface area (Å²) in [6.07, 6.45) is -4.74. The standard InChI is InChI=1S/C11H7ClF4N2S/c1-5(12)9-17-18-10(19-9)6-2-3-8(13)7(4-6)11(14,15)16/h2-5H,1H3. The molecule has 1 aromatic heterocycles. The van der Waals surface area contributed by atoms with Gasteiger partial charge in [0.1, 0.15) is 15.8 Å². The smallest absolute Gasteiger partial charge is 0.206 e. The molecule has 1 unspecified atom stereocenters. The van der Waals surface area contributed by atoms with Crippen LogP contribution in [0.15, 0.2) is 18.2 Å². The van der Waals surface area contributed by atoms with Crippen LogP contribution in [-0.2, 0) is 6.18 Å². The number of rotatable bonds is 2. The minimum absolute atomic E-state index is 0.162. The summed E-state index contributed by atoms with van der Waals surface area (Å²) in [5.41, 5.74) is -1.16. The molecule has 0 bridgehead atoms. The topological polar surface area (TPSA) is 25.8 Å². The highest BCUT2D eigenvalue weighted by atomic mass is 35.5. The van der Waals surface area contributed by atoms with Gasteiger partial charge >= 0.3 is 6.18 Å². The van der Waals surface area contributed by atoms with Gasteiger partial charge in [0.15, 0.2) is 0 Å². The molecule has 0 spiro atoms. The van der Waals surface area contributed by atoms with Crippen molar-refractivity contribution in [2.45, 2.75) is 18.5 Å². The van der Waals surface area contributed by atoms with Crippen molar-refractivity contribution in [1.82, 2.24) is 10.2 Å². The molecule has 0 aliphatic rings. The SMILES string of the molecule is CC(Cl)c1nnc(-c2ccc(F)c(C(F)(F)F)c2)s1. The summed E-state index contributed by atoms with van der Waals surface area (Å²) >= 11 is 6.88. The van der Waals surface area contributed by atoms with Gasteiger partial charge in [0.05, 0.1) is 10.9 Å². The van der Waals surface area contributed by atoms with Gasteiger partial charge in [-0.15, -0.1) is 21.8 Å². The van der Waals surface area contributed by atoms with Crippen molar-refractivity contribution in [3.8, 4) is 10.6 Å². The Morgan fingerprint density at radius 1 is 1.26 bits per heavy atom. The molecule has 0 aliphatic carbocycles. The van der Waals surface area contributed by atoms with E-state index in [4.69, 9.17) is 11.6 Å². The Labute approximate surface area is 115 Å². The van der Waals surface area contributed by atoms with Crippen molar-refractivity contribution in [1.29, 1.82) is 0 Å². The first-order valence-electron chi connectivity index (χ1n) is 5.13. The van der Waals surface area contributed by atoms with E-state index in [1.807, 2.05) is 0 Å². The summed E-state index contributed by atoms with van der Waals surface area (Å²) in [6.45, 7) is 1.68. The van der Waals surface area contributed by atoms with Crippen LogP contribution in [0.2, 0.25) is 0 Å². The molecule has 102 valence electrons. The molecule has 0 aliphatic heterocycles. The Bertz CT molecular complexity index is 595. The Morgan fingerprint density at radius 2 is 1.95 bits per heavy atom. The Hall–Kier alpha value is -1.21. The maximum Gasteiger partial charge on any atom is 0.419 e. The number of alkyl halides is 4. The summed E-state index contributed by atoms with van der Waals surface area (Å²) in [6, 6.07) is 2.72. The van der Waals surface area contributed by atoms with Crippen LogP contribution in [0.5, 0.6) is 0 Å². The number of aromatic nitrogens is 2. The first kappa shape index (κ1) is 14.2. The summed E-state index contributed by atoms with van der Waals surface area (Å²) in [5.74, 6) is -1.31. The minimum atomic E-state index is -4.74. The Morgan fingerprint density at radius 3 is 2.47 bits per heavy atom. The lowest BCUT2D eigenvalue weighted by molar-refractivity contribution is -0.139. The van der Waals surface area contributed by atoms with Crippen LogP contribution < -0.4 is 0 Å². The number of hydrogen-bond donors (Lipinski definition) is 0. The molecular weight excluding hydrogens is 304 g/mol. The van der Waals surface area contributed by atoms with Crippen molar-refractivity contribution >= 4 is 22.9 Å². The van der Waals surface area contributed by atoms with Crippen LogP contribution in [0, 0.1) is 5.82 Å². The van der Waals surface area contributed by atoms with Gasteiger partial charge < -0.3 is 0 Å². The molecule has 19 heavy (non-hydrogen) atoms. The largest absolute Gasteiger partial charge is 0.419 e. The first-order valence-corrected chi connectivity index (χ1v) is 6.39. The molecule has 0 amide bonds. The van der Waals surface area contributed by atoms with Crippen LogP contribution in [0.25, 0.3) is 10.6 Å². The minimum Gasteiger partial charge on any atom is -0.206 e. The molecule has 0 radical (unpaired) electrons. The van der Waals surface area contributed by atoms with E-state index < -0.39 is 17.6 Å². The zero-order valence-corrected chi connectivity index (χ0v) is 11.1. The van der Waals surface area contributed by atoms with Crippen LogP contribution in [0.4, 0.5) is 17.6 Å². The van der Waals surface area contributed by atoms with E-state index >= 15 is 0 Å². The lowest BCUT2D eigenvalue weighted by Crippen LogP contribution is -2.08. The summed E-state index contributed by atoms with van der Waals surface area (Å²) in [4.78, 5) is 0. The van der Waals surface area contributed by atoms with Crippen LogP contribution in [0.1, 0.15) is 22.9 Å². The number of halogens is 5. The summed E-state index contributed by atoms with van der Waals surface area (Å²) < 4.78 is 50.9. The van der Waals surface area contributed by atoms with Gasteiger partial charge in [0, 0.05) is 5.56 Å². The monoisotopic (exact) mass is 310 g/mol. The van der Waals surface area contributed by atoms with E-state index in [0.29, 0.717) is 5.01 Å². The predicted molar refractivity (Wildman–Crippen MR) is 64.6 cm³/mol. The molecule has 0 saturated carbocycles. The third-order valence-corrected chi connectivity index (χ3v) is 3.79. The van der Waals surface area contributed by atoms with Crippen molar-refractivity contribution in [3.63, 3.8) is 0 Å². The number of benzene rings is 1. The van der Waals surface area contributed by atoms with Gasteiger partial charge in [0.25, 0.3) is 0 Å². The number of nitrogens with zero attached hydrogens (tertiary/aromatic N) is 2. The highest BCUT2D eigenvalue weighted by Crippen LogP contribution is 2.35. The van der Waals surface area contributed by atoms with Gasteiger partial charge in [-0.1, -0.05) is 11.3 Å². The molecule has 0 N–H and O–H groups in total. The normalized spacial score (nSPS) is 13.6. The molecule has 1 heterocycles. The second-order valence-corrected chi connectivity index (χ2v) is 5.42. The van der Waals surface area contributed by atoms with Crippen molar-refractivity contribution < 1.29 is 17.6 Å². The maximum absolute atomic E-state index is 13.1. The van der Waals surface area contributed by atoms with Gasteiger partial charge in [-0.2, -0.15) is 13.2 Å². The molecular formula is C11H7ClF4N2S. The zero-order chi connectivity index (χ0) is 14.2. The predicted octanol–water partition coefficient (Wildman–Crippen LogP) is 4.66. The van der Waals surface area contributed by atoms with Crippen LogP contribution >= 0.6 is 22.9 Å². The van der Waals surface area contributed by atoms with Crippen LogP contribution in [-0.4, -0.2) is 10.2 Å².